The van der Waals surface area contributed by atoms with Gasteiger partial charge in [0.1, 0.15) is 0 Å². The van der Waals surface area contributed by atoms with Crippen molar-refractivity contribution in [1.29, 1.82) is 0 Å². The van der Waals surface area contributed by atoms with Crippen LogP contribution in [0.25, 0.3) is 34.1 Å². The Hall–Kier alpha value is -2.62. The summed E-state index contributed by atoms with van der Waals surface area (Å²) in [6.45, 7) is 16.6. The zero-order chi connectivity index (χ0) is 20.8. The van der Waals surface area contributed by atoms with Crippen LogP contribution in [0.1, 0.15) is 38.8 Å². The van der Waals surface area contributed by atoms with E-state index < -0.39 is 18.3 Å². The maximum Gasteiger partial charge on any atom is 0.496 e. The predicted octanol–water partition coefficient (Wildman–Crippen LogP) is 6.09. The second-order valence-electron chi connectivity index (χ2n) is 8.52. The van der Waals surface area contributed by atoms with Crippen molar-refractivity contribution in [3.63, 3.8) is 0 Å². The normalized spacial score (nSPS) is 17.4. The van der Waals surface area contributed by atoms with E-state index in [0.717, 1.165) is 38.5 Å². The first kappa shape index (κ1) is 19.7. The number of hydrogen-bond donors (Lipinski definition) is 0. The van der Waals surface area contributed by atoms with Gasteiger partial charge in [-0.1, -0.05) is 79.9 Å². The van der Waals surface area contributed by atoms with Crippen LogP contribution in [0.3, 0.4) is 0 Å². The molecule has 1 aliphatic heterocycles. The van der Waals surface area contributed by atoms with Crippen LogP contribution in [0, 0.1) is 0 Å². The Labute approximate surface area is 174 Å². The van der Waals surface area contributed by atoms with Crippen LogP contribution < -0.4 is 5.46 Å². The fourth-order valence-electron chi connectivity index (χ4n) is 4.07. The molecule has 0 spiro atoms. The van der Waals surface area contributed by atoms with Gasteiger partial charge in [-0.3, -0.25) is 0 Å². The summed E-state index contributed by atoms with van der Waals surface area (Å²) in [5, 5.41) is 2.27. The van der Waals surface area contributed by atoms with E-state index in [1.54, 1.807) is 0 Å². The maximum atomic E-state index is 6.44. The Morgan fingerprint density at radius 3 is 1.79 bits per heavy atom. The van der Waals surface area contributed by atoms with Crippen LogP contribution in [0.2, 0.25) is 0 Å². The van der Waals surface area contributed by atoms with Gasteiger partial charge in [0.15, 0.2) is 0 Å². The molecule has 1 fully saturated rings. The molecule has 0 saturated carbocycles. The van der Waals surface area contributed by atoms with Crippen LogP contribution in [0.15, 0.2) is 67.8 Å². The molecule has 0 radical (unpaired) electrons. The van der Waals surface area contributed by atoms with Gasteiger partial charge in [0, 0.05) is 0 Å². The minimum Gasteiger partial charge on any atom is -0.399 e. The molecule has 3 aromatic rings. The highest BCUT2D eigenvalue weighted by atomic mass is 16.7. The van der Waals surface area contributed by atoms with E-state index in [9.17, 15) is 0 Å². The largest absolute Gasteiger partial charge is 0.496 e. The molecule has 0 aliphatic carbocycles. The fourth-order valence-corrected chi connectivity index (χ4v) is 4.07. The zero-order valence-corrected chi connectivity index (χ0v) is 17.7. The first-order valence-corrected chi connectivity index (χ1v) is 10.1. The number of benzene rings is 3. The Kier molecular flexibility index (Phi) is 4.76. The molecule has 3 aromatic carbocycles. The number of hydrogen-bond acceptors (Lipinski definition) is 2. The van der Waals surface area contributed by atoms with Crippen LogP contribution >= 0.6 is 0 Å². The van der Waals surface area contributed by atoms with Crippen LogP contribution in [-0.2, 0) is 9.31 Å². The second kappa shape index (κ2) is 7.02. The highest BCUT2D eigenvalue weighted by Crippen LogP contribution is 2.40. The molecule has 4 rings (SSSR count). The monoisotopic (exact) mass is 382 g/mol. The van der Waals surface area contributed by atoms with Crippen molar-refractivity contribution in [2.45, 2.75) is 38.9 Å². The molecule has 1 heterocycles. The summed E-state index contributed by atoms with van der Waals surface area (Å²) in [6, 6.07) is 18.9. The van der Waals surface area contributed by atoms with Gasteiger partial charge in [-0.2, -0.15) is 0 Å². The molecule has 3 heteroatoms. The zero-order valence-electron chi connectivity index (χ0n) is 17.7. The van der Waals surface area contributed by atoms with Crippen LogP contribution in [-0.4, -0.2) is 18.3 Å². The SMILES string of the molecule is C=Cc1c(C=C)c(-c2ccccc2)c2ccccc2c1B1OC(C)(C)C(C)(C)O1. The van der Waals surface area contributed by atoms with Crippen molar-refractivity contribution in [1.82, 2.24) is 0 Å². The summed E-state index contributed by atoms with van der Waals surface area (Å²) < 4.78 is 12.9. The third-order valence-corrected chi connectivity index (χ3v) is 6.30. The lowest BCUT2D eigenvalue weighted by atomic mass is 9.70. The molecule has 0 aromatic heterocycles. The third kappa shape index (κ3) is 3.06. The average Bonchev–Trinajstić information content (AvgIpc) is 2.93. The van der Waals surface area contributed by atoms with Crippen molar-refractivity contribution in [3.05, 3.63) is 78.9 Å². The van der Waals surface area contributed by atoms with E-state index in [0.29, 0.717) is 0 Å². The summed E-state index contributed by atoms with van der Waals surface area (Å²) in [7, 11) is -0.471. The minimum absolute atomic E-state index is 0.413. The van der Waals surface area contributed by atoms with E-state index in [1.807, 2.05) is 18.2 Å². The van der Waals surface area contributed by atoms with Crippen molar-refractivity contribution < 1.29 is 9.31 Å². The van der Waals surface area contributed by atoms with Gasteiger partial charge in [-0.05, 0) is 66.2 Å². The molecule has 29 heavy (non-hydrogen) atoms. The van der Waals surface area contributed by atoms with E-state index in [1.165, 1.54) is 0 Å². The first-order chi connectivity index (χ1) is 13.8. The van der Waals surface area contributed by atoms with Gasteiger partial charge < -0.3 is 9.31 Å². The molecular weight excluding hydrogens is 355 g/mol. The lowest BCUT2D eigenvalue weighted by molar-refractivity contribution is 0.00578. The molecule has 0 N–H and O–H groups in total. The molecule has 1 saturated heterocycles. The molecule has 0 bridgehead atoms. The summed E-state index contributed by atoms with van der Waals surface area (Å²) in [6.07, 6.45) is 3.82. The Balaban J connectivity index is 2.08. The summed E-state index contributed by atoms with van der Waals surface area (Å²) in [4.78, 5) is 0. The highest BCUT2D eigenvalue weighted by Gasteiger charge is 2.52. The van der Waals surface area contributed by atoms with Crippen molar-refractivity contribution in [2.24, 2.45) is 0 Å². The van der Waals surface area contributed by atoms with E-state index in [4.69, 9.17) is 9.31 Å². The van der Waals surface area contributed by atoms with E-state index in [-0.39, 0.29) is 0 Å². The molecule has 0 atom stereocenters. The standard InChI is InChI=1S/C26H27BO2/c1-7-19-20(8-2)24(27-28-25(3,4)26(5,6)29-27)22-17-13-12-16-21(22)23(19)18-14-10-9-11-15-18/h7-17H,1-2H2,3-6H3. The second-order valence-corrected chi connectivity index (χ2v) is 8.52. The summed E-state index contributed by atoms with van der Waals surface area (Å²) in [5.41, 5.74) is 4.57. The lowest BCUT2D eigenvalue weighted by Crippen LogP contribution is -2.41. The molecule has 0 amide bonds. The number of fused-ring (bicyclic) bond motifs is 1. The molecular formula is C26H27BO2. The van der Waals surface area contributed by atoms with Crippen molar-refractivity contribution in [2.75, 3.05) is 0 Å². The Bertz CT molecular complexity index is 1080. The highest BCUT2D eigenvalue weighted by molar-refractivity contribution is 6.66. The lowest BCUT2D eigenvalue weighted by Gasteiger charge is -2.32. The molecule has 1 aliphatic rings. The van der Waals surface area contributed by atoms with Crippen molar-refractivity contribution >= 4 is 35.5 Å². The fraction of sp³-hybridized carbons (Fsp3) is 0.231. The van der Waals surface area contributed by atoms with Gasteiger partial charge >= 0.3 is 7.12 Å². The Morgan fingerprint density at radius 1 is 0.724 bits per heavy atom. The van der Waals surface area contributed by atoms with Crippen LogP contribution in [0.4, 0.5) is 0 Å². The third-order valence-electron chi connectivity index (χ3n) is 6.30. The van der Waals surface area contributed by atoms with Crippen molar-refractivity contribution in [3.8, 4) is 11.1 Å². The summed E-state index contributed by atoms with van der Waals surface area (Å²) >= 11 is 0. The topological polar surface area (TPSA) is 18.5 Å². The van der Waals surface area contributed by atoms with Gasteiger partial charge in [-0.15, -0.1) is 0 Å². The van der Waals surface area contributed by atoms with Crippen LogP contribution in [0.5, 0.6) is 0 Å². The molecule has 2 nitrogen and oxygen atoms in total. The minimum atomic E-state index is -0.471. The average molecular weight is 382 g/mol. The smallest absolute Gasteiger partial charge is 0.399 e. The molecule has 146 valence electrons. The summed E-state index contributed by atoms with van der Waals surface area (Å²) in [5.74, 6) is 0. The quantitative estimate of drug-likeness (QED) is 0.508. The van der Waals surface area contributed by atoms with Gasteiger partial charge in [0.05, 0.1) is 11.2 Å². The Morgan fingerprint density at radius 2 is 1.24 bits per heavy atom. The van der Waals surface area contributed by atoms with E-state index >= 15 is 0 Å². The number of rotatable bonds is 4. The first-order valence-electron chi connectivity index (χ1n) is 10.1. The van der Waals surface area contributed by atoms with Gasteiger partial charge in [0.2, 0.25) is 0 Å². The van der Waals surface area contributed by atoms with E-state index in [2.05, 4.69) is 89.4 Å². The van der Waals surface area contributed by atoms with Gasteiger partial charge in [-0.25, -0.2) is 0 Å². The van der Waals surface area contributed by atoms with Gasteiger partial charge in [0.25, 0.3) is 0 Å². The molecule has 0 unspecified atom stereocenters. The maximum absolute atomic E-state index is 6.44. The predicted molar refractivity (Wildman–Crippen MR) is 125 cm³/mol.